The number of thiophene rings is 2. The van der Waals surface area contributed by atoms with Crippen LogP contribution in [0.15, 0.2) is 182 Å². The van der Waals surface area contributed by atoms with Gasteiger partial charge in [0.1, 0.15) is 26.1 Å². The van der Waals surface area contributed by atoms with Gasteiger partial charge < -0.3 is 9.13 Å². The van der Waals surface area contributed by atoms with Crippen molar-refractivity contribution in [3.8, 4) is 10.0 Å². The third kappa shape index (κ3) is 7.12. The molecular formula is C78H78N2S2Si2. The van der Waals surface area contributed by atoms with E-state index in [-0.39, 0.29) is 21.7 Å². The Balaban J connectivity index is 1.15. The molecule has 8 aromatic carbocycles. The minimum atomic E-state index is -2.29. The fourth-order valence-electron chi connectivity index (χ4n) is 15.8. The lowest BCUT2D eigenvalue weighted by atomic mass is 9.55. The maximum Gasteiger partial charge on any atom is 0.113 e. The molecule has 0 saturated carbocycles. The molecule has 420 valence electrons. The van der Waals surface area contributed by atoms with Crippen LogP contribution < -0.4 is 20.7 Å². The molecule has 3 aliphatic rings. The SMILES string of the molecule is CC(C)(C)c1ccc2c(c1)c1cc(C(C)(C)C)ccc1n2-c1cc2c(s1)C1(c3ccccc3[Si](C)(C)c3ccccc31)c1cc(-n3c4ccc(C(C)(C)C)cc4c4cc(C(C)(C)C)ccc43)sc1C21c2ccccc2[Si](C)(C)c2ccccc21. The van der Waals surface area contributed by atoms with Gasteiger partial charge in [0.25, 0.3) is 0 Å². The Morgan fingerprint density at radius 1 is 0.298 bits per heavy atom. The average Bonchev–Trinajstić information content (AvgIpc) is 1.23. The summed E-state index contributed by atoms with van der Waals surface area (Å²) in [7, 11) is -4.57. The van der Waals surface area contributed by atoms with Gasteiger partial charge in [-0.05, 0) is 159 Å². The van der Waals surface area contributed by atoms with Gasteiger partial charge in [0.15, 0.2) is 0 Å². The predicted octanol–water partition coefficient (Wildman–Crippen LogP) is 18.5. The summed E-state index contributed by atoms with van der Waals surface area (Å²) in [5.41, 5.74) is 17.7. The summed E-state index contributed by atoms with van der Waals surface area (Å²) in [6, 6.07) is 73.8. The first-order valence-electron chi connectivity index (χ1n) is 30.6. The first-order chi connectivity index (χ1) is 39.7. The smallest absolute Gasteiger partial charge is 0.113 e. The van der Waals surface area contributed by atoms with Gasteiger partial charge in [-0.2, -0.15) is 0 Å². The van der Waals surface area contributed by atoms with E-state index >= 15 is 0 Å². The van der Waals surface area contributed by atoms with Gasteiger partial charge in [0.05, 0.1) is 32.9 Å². The Bertz CT molecular complexity index is 4190. The van der Waals surface area contributed by atoms with Crippen molar-refractivity contribution >= 4 is 103 Å². The first-order valence-corrected chi connectivity index (χ1v) is 38.2. The minimum absolute atomic E-state index is 0.0109. The normalized spacial score (nSPS) is 16.5. The van der Waals surface area contributed by atoms with Gasteiger partial charge in [-0.25, -0.2) is 0 Å². The number of rotatable bonds is 2. The van der Waals surface area contributed by atoms with Crippen LogP contribution in [0, 0.1) is 0 Å². The van der Waals surface area contributed by atoms with E-state index in [2.05, 4.69) is 323 Å². The quantitative estimate of drug-likeness (QED) is 0.153. The fourth-order valence-corrected chi connectivity index (χ4v) is 25.2. The lowest BCUT2D eigenvalue weighted by molar-refractivity contribution is 0.590. The Labute approximate surface area is 507 Å². The molecule has 1 aliphatic carbocycles. The second-order valence-corrected chi connectivity index (χ2v) is 40.9. The number of fused-ring (bicyclic) bond motifs is 20. The second-order valence-electron chi connectivity index (χ2n) is 30.2. The van der Waals surface area contributed by atoms with E-state index in [1.54, 1.807) is 0 Å². The van der Waals surface area contributed by atoms with Gasteiger partial charge >= 0.3 is 0 Å². The first kappa shape index (κ1) is 53.9. The lowest BCUT2D eigenvalue weighted by Crippen LogP contribution is -2.66. The topological polar surface area (TPSA) is 9.86 Å². The summed E-state index contributed by atoms with van der Waals surface area (Å²) in [5.74, 6) is 0. The van der Waals surface area contributed by atoms with Crippen molar-refractivity contribution < 1.29 is 0 Å². The van der Waals surface area contributed by atoms with Crippen molar-refractivity contribution in [1.82, 2.24) is 9.13 Å². The van der Waals surface area contributed by atoms with E-state index in [0.29, 0.717) is 0 Å². The van der Waals surface area contributed by atoms with Crippen molar-refractivity contribution in [3.63, 3.8) is 0 Å². The standard InChI is InChI=1S/C78H78N2S2Si2/c1-73(2,3)47-33-37-61-51(41-47)52-42-48(74(4,5)6)34-38-62(52)79(61)69-45-59-71(81-69)78(57-27-19-23-31-67(57)84(15,16)68-32-24-20-28-58(68)78)60-46-70(82-72(60)77(59)55-25-17-21-29-65(55)83(13,14)66-30-22-18-26-56(66)77)80-63-39-35-49(75(7,8)9)43-53(63)54-44-50(76(10,11)12)36-40-64(54)80/h17-46H,1-16H3. The van der Waals surface area contributed by atoms with Crippen LogP contribution in [0.25, 0.3) is 53.6 Å². The van der Waals surface area contributed by atoms with Gasteiger partial charge in [-0.15, -0.1) is 22.7 Å². The van der Waals surface area contributed by atoms with Crippen LogP contribution in [0.5, 0.6) is 0 Å². The van der Waals surface area contributed by atoms with E-state index < -0.39 is 27.0 Å². The van der Waals surface area contributed by atoms with Gasteiger partial charge in [-0.1, -0.05) is 231 Å². The van der Waals surface area contributed by atoms with E-state index in [0.717, 1.165) is 0 Å². The van der Waals surface area contributed by atoms with Crippen LogP contribution in [0.1, 0.15) is 148 Å². The average molecular weight is 1160 g/mol. The van der Waals surface area contributed by atoms with Crippen LogP contribution >= 0.6 is 22.7 Å². The summed E-state index contributed by atoms with van der Waals surface area (Å²) >= 11 is 4.12. The molecule has 0 radical (unpaired) electrons. The molecule has 84 heavy (non-hydrogen) atoms. The van der Waals surface area contributed by atoms with E-state index in [4.69, 9.17) is 0 Å². The summed E-state index contributed by atoms with van der Waals surface area (Å²) in [4.78, 5) is 2.87. The Hall–Kier alpha value is -6.81. The third-order valence-electron chi connectivity index (χ3n) is 20.4. The van der Waals surface area contributed by atoms with Crippen molar-refractivity contribution in [1.29, 1.82) is 0 Å². The Morgan fingerprint density at radius 3 is 0.774 bits per heavy atom. The van der Waals surface area contributed by atoms with Gasteiger partial charge in [0, 0.05) is 31.3 Å². The van der Waals surface area contributed by atoms with E-state index in [1.807, 2.05) is 0 Å². The molecule has 0 saturated heterocycles. The molecule has 0 fully saturated rings. The van der Waals surface area contributed by atoms with Gasteiger partial charge in [0.2, 0.25) is 0 Å². The van der Waals surface area contributed by atoms with Crippen LogP contribution in [0.2, 0.25) is 26.2 Å². The molecule has 0 N–H and O–H groups in total. The number of nitrogens with zero attached hydrogens (tertiary/aromatic N) is 2. The number of hydrogen-bond acceptors (Lipinski definition) is 2. The molecule has 15 rings (SSSR count). The van der Waals surface area contributed by atoms with Gasteiger partial charge in [-0.3, -0.25) is 0 Å². The fraction of sp³-hybridized carbons (Fsp3) is 0.282. The highest BCUT2D eigenvalue weighted by atomic mass is 32.1. The van der Waals surface area contributed by atoms with E-state index in [9.17, 15) is 0 Å². The molecule has 4 aromatic heterocycles. The highest BCUT2D eigenvalue weighted by Crippen LogP contribution is 2.66. The minimum Gasteiger partial charge on any atom is -0.301 e. The third-order valence-corrected chi connectivity index (χ3v) is 30.0. The number of benzene rings is 8. The maximum absolute atomic E-state index is 2.72. The van der Waals surface area contributed by atoms with E-state index in [1.165, 1.54) is 140 Å². The highest BCUT2D eigenvalue weighted by molar-refractivity contribution is 7.16. The number of hydrogen-bond donors (Lipinski definition) is 0. The van der Waals surface area contributed by atoms with Crippen LogP contribution in [0.4, 0.5) is 0 Å². The Morgan fingerprint density at radius 2 is 0.536 bits per heavy atom. The summed E-state index contributed by atoms with van der Waals surface area (Å²) in [6.07, 6.45) is 0. The molecule has 2 nitrogen and oxygen atoms in total. The van der Waals surface area contributed by atoms with Crippen molar-refractivity contribution in [3.05, 3.63) is 247 Å². The molecule has 0 atom stereocenters. The molecule has 0 amide bonds. The molecular weight excluding hydrogens is 1090 g/mol. The molecule has 0 unspecified atom stereocenters. The highest BCUT2D eigenvalue weighted by Gasteiger charge is 2.63. The summed E-state index contributed by atoms with van der Waals surface area (Å²) in [5, 5.41) is 13.9. The van der Waals surface area contributed by atoms with Crippen LogP contribution in [-0.2, 0) is 32.5 Å². The van der Waals surface area contributed by atoms with Crippen LogP contribution in [-0.4, -0.2) is 25.3 Å². The molecule has 12 aromatic rings. The summed E-state index contributed by atoms with van der Waals surface area (Å²) < 4.78 is 5.34. The zero-order valence-electron chi connectivity index (χ0n) is 52.0. The van der Waals surface area contributed by atoms with Crippen molar-refractivity contribution in [2.24, 2.45) is 0 Å². The monoisotopic (exact) mass is 1160 g/mol. The number of aromatic nitrogens is 2. The molecule has 2 aliphatic heterocycles. The molecule has 6 heteroatoms. The maximum atomic E-state index is 2.72. The zero-order chi connectivity index (χ0) is 58.8. The predicted molar refractivity (Wildman–Crippen MR) is 369 cm³/mol. The summed E-state index contributed by atoms with van der Waals surface area (Å²) in [6.45, 7) is 38.6. The van der Waals surface area contributed by atoms with Crippen molar-refractivity contribution in [2.45, 2.75) is 142 Å². The largest absolute Gasteiger partial charge is 0.301 e. The molecule has 0 bridgehead atoms. The Kier molecular flexibility index (Phi) is 11.2. The molecule has 2 spiro atoms. The molecule has 6 heterocycles. The van der Waals surface area contributed by atoms with Crippen LogP contribution in [0.3, 0.4) is 0 Å². The van der Waals surface area contributed by atoms with Crippen molar-refractivity contribution in [2.75, 3.05) is 0 Å². The zero-order valence-corrected chi connectivity index (χ0v) is 55.7. The second kappa shape index (κ2) is 17.4. The lowest BCUT2D eigenvalue weighted by Gasteiger charge is -2.54.